The Morgan fingerprint density at radius 3 is 1.16 bits per heavy atom. The molecular weight excluding hydrogens is 785 g/mol. The third kappa shape index (κ3) is 18.5. The zero-order chi connectivity index (χ0) is 43.4. The molecule has 21 heteroatoms. The summed E-state index contributed by atoms with van der Waals surface area (Å²) in [5.74, 6) is -11.3. The Balaban J connectivity index is 2.42. The molecule has 2 rings (SSSR count). The monoisotopic (exact) mass is 842 g/mol. The minimum Gasteiger partial charge on any atom is -0.481 e. The lowest BCUT2D eigenvalue weighted by Gasteiger charge is -2.31. The highest BCUT2D eigenvalue weighted by molar-refractivity contribution is 7.80. The second kappa shape index (κ2) is 25.4. The summed E-state index contributed by atoms with van der Waals surface area (Å²) in [4.78, 5) is 126. The molecule has 2 aliphatic rings. The molecule has 2 aliphatic carbocycles. The molecule has 6 amide bonds. The molecule has 0 aromatic rings. The van der Waals surface area contributed by atoms with E-state index >= 15 is 0 Å². The van der Waals surface area contributed by atoms with Crippen LogP contribution in [-0.2, 0) is 47.9 Å². The van der Waals surface area contributed by atoms with Gasteiger partial charge < -0.3 is 52.3 Å². The van der Waals surface area contributed by atoms with Crippen molar-refractivity contribution in [1.82, 2.24) is 31.9 Å². The highest BCUT2D eigenvalue weighted by Crippen LogP contribution is 2.29. The van der Waals surface area contributed by atoms with Gasteiger partial charge in [0.15, 0.2) is 0 Å². The van der Waals surface area contributed by atoms with E-state index < -0.39 is 128 Å². The van der Waals surface area contributed by atoms with Gasteiger partial charge in [-0.3, -0.25) is 43.2 Å². The summed E-state index contributed by atoms with van der Waals surface area (Å²) < 4.78 is 0. The van der Waals surface area contributed by atoms with Gasteiger partial charge in [-0.05, 0) is 37.5 Å². The largest absolute Gasteiger partial charge is 0.481 e. The zero-order valence-corrected chi connectivity index (χ0v) is 33.6. The van der Waals surface area contributed by atoms with Crippen LogP contribution >= 0.6 is 12.6 Å². The summed E-state index contributed by atoms with van der Waals surface area (Å²) in [7, 11) is 0. The first-order valence-corrected chi connectivity index (χ1v) is 20.3. The molecule has 0 unspecified atom stereocenters. The molecule has 0 heterocycles. The van der Waals surface area contributed by atoms with E-state index in [1.807, 2.05) is 0 Å². The number of carboxylic acids is 4. The Kier molecular flexibility index (Phi) is 21.6. The number of hydrogen-bond donors (Lipinski definition) is 11. The lowest BCUT2D eigenvalue weighted by molar-refractivity contribution is -0.142. The van der Waals surface area contributed by atoms with Gasteiger partial charge >= 0.3 is 23.9 Å². The molecule has 0 spiro atoms. The number of thiol groups is 1. The highest BCUT2D eigenvalue weighted by Gasteiger charge is 2.36. The predicted molar refractivity (Wildman–Crippen MR) is 207 cm³/mol. The van der Waals surface area contributed by atoms with Crippen molar-refractivity contribution in [2.45, 2.75) is 152 Å². The fourth-order valence-electron chi connectivity index (χ4n) is 7.22. The van der Waals surface area contributed by atoms with Crippen LogP contribution < -0.4 is 31.9 Å². The number of carbonyl (C=O) groups is 10. The Bertz CT molecular complexity index is 1470. The Hall–Kier alpha value is -4.95. The van der Waals surface area contributed by atoms with Crippen molar-refractivity contribution in [1.29, 1.82) is 0 Å². The van der Waals surface area contributed by atoms with Gasteiger partial charge in [-0.15, -0.1) is 0 Å². The van der Waals surface area contributed by atoms with Crippen LogP contribution in [0.1, 0.15) is 116 Å². The summed E-state index contributed by atoms with van der Waals surface area (Å²) in [6.07, 6.45) is 5.50. The molecule has 0 saturated heterocycles. The van der Waals surface area contributed by atoms with Crippen molar-refractivity contribution in [2.24, 2.45) is 11.8 Å². The van der Waals surface area contributed by atoms with E-state index in [0.717, 1.165) is 58.3 Å². The van der Waals surface area contributed by atoms with E-state index in [2.05, 4.69) is 44.5 Å². The topological polar surface area (TPSA) is 324 Å². The fourth-order valence-corrected chi connectivity index (χ4v) is 7.47. The summed E-state index contributed by atoms with van der Waals surface area (Å²) in [6, 6.07) is -8.80. The number of aliphatic carboxylic acids is 4. The SMILES string of the molecule is CC(=O)N[C@@H](CC(=O)O)C(=O)N[C@@H](CCC(=O)O)C(=O)N[C@@H](CC1CCCCC1)C(=O)N[C@@H](CCC(=O)O)C(=O)N[C@@H](CC1CCCCC1)C(=O)N[C@@H](CS)C(=O)O. The summed E-state index contributed by atoms with van der Waals surface area (Å²) in [6.45, 7) is 1.04. The number of carboxylic acid groups (broad SMARTS) is 4. The fraction of sp³-hybridized carbons (Fsp3) is 0.730. The van der Waals surface area contributed by atoms with E-state index in [4.69, 9.17) is 0 Å². The third-order valence-electron chi connectivity index (χ3n) is 10.3. The molecule has 0 radical (unpaired) electrons. The maximum atomic E-state index is 14.1. The molecule has 0 aromatic carbocycles. The summed E-state index contributed by atoms with van der Waals surface area (Å²) >= 11 is 3.99. The minimum absolute atomic E-state index is 0.0124. The standard InChI is InChI=1S/C37H58N6O14S/c1-20(44)38-27(18-31(49)50)36(55)40-24(13-15-30(47)48)33(52)41-25(16-21-8-4-2-5-9-21)34(53)39-23(12-14-29(45)46)32(51)42-26(17-22-10-6-3-7-11-22)35(54)43-28(19-58)37(56)57/h21-28,58H,2-19H2,1H3,(H,38,44)(H,39,53)(H,40,55)(H,41,52)(H,42,51)(H,43,54)(H,45,46)(H,47,48)(H,49,50)(H,56,57)/t23-,24-,25-,26-,27-,28-/m0/s1. The van der Waals surface area contributed by atoms with Gasteiger partial charge in [-0.2, -0.15) is 12.6 Å². The van der Waals surface area contributed by atoms with Crippen LogP contribution in [0.5, 0.6) is 0 Å². The molecule has 0 aromatic heterocycles. The van der Waals surface area contributed by atoms with Crippen molar-refractivity contribution < 1.29 is 68.4 Å². The Morgan fingerprint density at radius 2 is 0.828 bits per heavy atom. The number of hydrogen-bond acceptors (Lipinski definition) is 11. The smallest absolute Gasteiger partial charge is 0.327 e. The molecule has 0 aliphatic heterocycles. The van der Waals surface area contributed by atoms with Crippen LogP contribution in [0.4, 0.5) is 0 Å². The predicted octanol–water partition coefficient (Wildman–Crippen LogP) is 0.0746. The van der Waals surface area contributed by atoms with E-state index in [1.165, 1.54) is 0 Å². The molecular formula is C37H58N6O14S. The molecule has 326 valence electrons. The van der Waals surface area contributed by atoms with Crippen LogP contribution in [0.2, 0.25) is 0 Å². The van der Waals surface area contributed by atoms with Crippen LogP contribution in [0.3, 0.4) is 0 Å². The van der Waals surface area contributed by atoms with Crippen molar-refractivity contribution in [3.63, 3.8) is 0 Å². The van der Waals surface area contributed by atoms with Gasteiger partial charge in [0, 0.05) is 25.5 Å². The molecule has 20 nitrogen and oxygen atoms in total. The van der Waals surface area contributed by atoms with Crippen LogP contribution in [0.25, 0.3) is 0 Å². The van der Waals surface area contributed by atoms with Gasteiger partial charge in [0.05, 0.1) is 6.42 Å². The van der Waals surface area contributed by atoms with E-state index in [-0.39, 0.29) is 30.4 Å². The van der Waals surface area contributed by atoms with Crippen molar-refractivity contribution in [3.8, 4) is 0 Å². The second-order valence-corrected chi connectivity index (χ2v) is 15.4. The Morgan fingerprint density at radius 1 is 0.483 bits per heavy atom. The molecule has 2 saturated carbocycles. The summed E-state index contributed by atoms with van der Waals surface area (Å²) in [5, 5.41) is 52.0. The van der Waals surface area contributed by atoms with Gasteiger partial charge in [0.1, 0.15) is 36.3 Å². The molecule has 2 fully saturated rings. The number of rotatable bonds is 25. The molecule has 0 bridgehead atoms. The van der Waals surface area contributed by atoms with Crippen LogP contribution in [-0.4, -0.2) is 122 Å². The van der Waals surface area contributed by atoms with E-state index in [9.17, 15) is 68.4 Å². The first kappa shape index (κ1) is 49.2. The van der Waals surface area contributed by atoms with Crippen molar-refractivity contribution in [3.05, 3.63) is 0 Å². The van der Waals surface area contributed by atoms with Crippen LogP contribution in [0, 0.1) is 11.8 Å². The number of carbonyl (C=O) groups excluding carboxylic acids is 6. The normalized spacial score (nSPS) is 17.8. The molecule has 58 heavy (non-hydrogen) atoms. The Labute approximate surface area is 341 Å². The average Bonchev–Trinajstić information content (AvgIpc) is 3.16. The maximum absolute atomic E-state index is 14.1. The van der Waals surface area contributed by atoms with Gasteiger partial charge in [-0.1, -0.05) is 64.2 Å². The quantitative estimate of drug-likeness (QED) is 0.0543. The van der Waals surface area contributed by atoms with E-state index in [0.29, 0.717) is 12.8 Å². The number of nitrogens with one attached hydrogen (secondary N) is 6. The molecule has 10 N–H and O–H groups in total. The zero-order valence-electron chi connectivity index (χ0n) is 32.7. The van der Waals surface area contributed by atoms with Gasteiger partial charge in [-0.25, -0.2) is 4.79 Å². The first-order valence-electron chi connectivity index (χ1n) is 19.7. The van der Waals surface area contributed by atoms with E-state index in [1.54, 1.807) is 0 Å². The van der Waals surface area contributed by atoms with Gasteiger partial charge in [0.25, 0.3) is 0 Å². The molecule has 6 atom stereocenters. The third-order valence-corrected chi connectivity index (χ3v) is 10.6. The second-order valence-electron chi connectivity index (χ2n) is 15.0. The van der Waals surface area contributed by atoms with Crippen molar-refractivity contribution >= 4 is 71.9 Å². The van der Waals surface area contributed by atoms with Crippen LogP contribution in [0.15, 0.2) is 0 Å². The average molecular weight is 843 g/mol. The van der Waals surface area contributed by atoms with Gasteiger partial charge in [0.2, 0.25) is 35.4 Å². The lowest BCUT2D eigenvalue weighted by Crippen LogP contribution is -2.60. The number of amides is 6. The highest BCUT2D eigenvalue weighted by atomic mass is 32.1. The van der Waals surface area contributed by atoms with Crippen molar-refractivity contribution in [2.75, 3.05) is 5.75 Å². The summed E-state index contributed by atoms with van der Waals surface area (Å²) in [5.41, 5.74) is 0. The lowest BCUT2D eigenvalue weighted by atomic mass is 9.84. The first-order chi connectivity index (χ1) is 27.4. The minimum atomic E-state index is -1.62. The maximum Gasteiger partial charge on any atom is 0.327 e.